The van der Waals surface area contributed by atoms with Gasteiger partial charge in [0.15, 0.2) is 0 Å². The lowest BCUT2D eigenvalue weighted by Gasteiger charge is -2.39. The van der Waals surface area contributed by atoms with E-state index in [0.29, 0.717) is 22.3 Å². The molecule has 1 heterocycles. The zero-order valence-electron chi connectivity index (χ0n) is 12.4. The number of amides is 1. The van der Waals surface area contributed by atoms with Crippen molar-refractivity contribution >= 4 is 34.8 Å². The van der Waals surface area contributed by atoms with E-state index in [1.165, 1.54) is 0 Å². The number of hydrogen-bond donors (Lipinski definition) is 2. The number of halogens is 2. The Hall–Kier alpha value is -0.810. The molecule has 0 bridgehead atoms. The van der Waals surface area contributed by atoms with Gasteiger partial charge in [0.1, 0.15) is 0 Å². The van der Waals surface area contributed by atoms with Gasteiger partial charge in [0.25, 0.3) is 0 Å². The molecule has 21 heavy (non-hydrogen) atoms. The number of nitrogens with one attached hydrogen (secondary N) is 2. The van der Waals surface area contributed by atoms with Gasteiger partial charge in [-0.3, -0.25) is 9.69 Å². The fourth-order valence-corrected chi connectivity index (χ4v) is 2.78. The van der Waals surface area contributed by atoms with Crippen molar-refractivity contribution in [2.24, 2.45) is 0 Å². The van der Waals surface area contributed by atoms with Crippen LogP contribution in [0.3, 0.4) is 0 Å². The van der Waals surface area contributed by atoms with Gasteiger partial charge in [-0.1, -0.05) is 23.2 Å². The van der Waals surface area contributed by atoms with Gasteiger partial charge >= 0.3 is 0 Å². The molecule has 0 aromatic heterocycles. The second kappa shape index (κ2) is 6.97. The minimum absolute atomic E-state index is 0.0628. The lowest BCUT2D eigenvalue weighted by Crippen LogP contribution is -2.51. The van der Waals surface area contributed by atoms with E-state index < -0.39 is 0 Å². The highest BCUT2D eigenvalue weighted by molar-refractivity contribution is 6.35. The third kappa shape index (κ3) is 4.58. The predicted molar refractivity (Wildman–Crippen MR) is 88.2 cm³/mol. The summed E-state index contributed by atoms with van der Waals surface area (Å²) in [5.41, 5.74) is 0.745. The number of hydrogen-bond acceptors (Lipinski definition) is 3. The van der Waals surface area contributed by atoms with Crippen LogP contribution in [0.1, 0.15) is 19.8 Å². The number of likely N-dealkylation sites (tertiary alicyclic amines) is 1. The zero-order chi connectivity index (χ0) is 15.5. The molecule has 2 N–H and O–H groups in total. The van der Waals surface area contributed by atoms with Crippen LogP contribution in [0.2, 0.25) is 10.0 Å². The van der Waals surface area contributed by atoms with Crippen molar-refractivity contribution in [3.05, 3.63) is 28.2 Å². The molecule has 0 unspecified atom stereocenters. The first-order valence-corrected chi connectivity index (χ1v) is 7.84. The van der Waals surface area contributed by atoms with Crippen molar-refractivity contribution in [2.75, 3.05) is 32.0 Å². The summed E-state index contributed by atoms with van der Waals surface area (Å²) in [6.07, 6.45) is 2.07. The number of carbonyl (C=O) groups is 1. The summed E-state index contributed by atoms with van der Waals surface area (Å²) in [5.74, 6) is -0.0628. The molecule has 1 amide bonds. The van der Waals surface area contributed by atoms with E-state index in [4.69, 9.17) is 23.2 Å². The van der Waals surface area contributed by atoms with Gasteiger partial charge in [-0.25, -0.2) is 0 Å². The zero-order valence-corrected chi connectivity index (χ0v) is 13.9. The third-order valence-corrected chi connectivity index (χ3v) is 4.70. The van der Waals surface area contributed by atoms with Crippen molar-refractivity contribution < 1.29 is 4.79 Å². The summed E-state index contributed by atoms with van der Waals surface area (Å²) in [6, 6.07) is 5.04. The highest BCUT2D eigenvalue weighted by Gasteiger charge is 2.28. The summed E-state index contributed by atoms with van der Waals surface area (Å²) < 4.78 is 0. The van der Waals surface area contributed by atoms with Gasteiger partial charge < -0.3 is 10.6 Å². The van der Waals surface area contributed by atoms with E-state index in [1.807, 2.05) is 7.05 Å². The van der Waals surface area contributed by atoms with Crippen LogP contribution in [0.5, 0.6) is 0 Å². The third-order valence-electron chi connectivity index (χ3n) is 4.13. The molecule has 0 aliphatic carbocycles. The number of nitrogens with zero attached hydrogens (tertiary/aromatic N) is 1. The molecule has 0 spiro atoms. The fourth-order valence-electron chi connectivity index (χ4n) is 2.44. The smallest absolute Gasteiger partial charge is 0.238 e. The Morgan fingerprint density at radius 3 is 2.62 bits per heavy atom. The Morgan fingerprint density at radius 1 is 1.33 bits per heavy atom. The van der Waals surface area contributed by atoms with Gasteiger partial charge in [-0.2, -0.15) is 0 Å². The molecule has 2 rings (SSSR count). The van der Waals surface area contributed by atoms with E-state index in [-0.39, 0.29) is 11.4 Å². The first-order chi connectivity index (χ1) is 9.92. The van der Waals surface area contributed by atoms with Gasteiger partial charge in [-0.15, -0.1) is 0 Å². The molecule has 0 radical (unpaired) electrons. The average Bonchev–Trinajstić information content (AvgIpc) is 2.46. The maximum atomic E-state index is 12.1. The quantitative estimate of drug-likeness (QED) is 0.892. The summed E-state index contributed by atoms with van der Waals surface area (Å²) in [5, 5.41) is 7.22. The van der Waals surface area contributed by atoms with Gasteiger partial charge in [-0.05, 0) is 45.0 Å². The number of rotatable bonds is 4. The second-order valence-corrected chi connectivity index (χ2v) is 6.60. The topological polar surface area (TPSA) is 44.4 Å². The number of anilines is 1. The van der Waals surface area contributed by atoms with E-state index in [0.717, 1.165) is 25.9 Å². The molecule has 1 aromatic rings. The highest BCUT2D eigenvalue weighted by Crippen LogP contribution is 2.25. The normalized spacial score (nSPS) is 18.5. The number of benzene rings is 1. The van der Waals surface area contributed by atoms with Crippen LogP contribution in [0.25, 0.3) is 0 Å². The van der Waals surface area contributed by atoms with E-state index in [2.05, 4.69) is 22.5 Å². The van der Waals surface area contributed by atoms with Crippen LogP contribution < -0.4 is 10.6 Å². The molecule has 0 saturated carbocycles. The Morgan fingerprint density at radius 2 is 2.00 bits per heavy atom. The molecule has 4 nitrogen and oxygen atoms in total. The highest BCUT2D eigenvalue weighted by atomic mass is 35.5. The van der Waals surface area contributed by atoms with Gasteiger partial charge in [0.05, 0.1) is 17.3 Å². The average molecular weight is 330 g/mol. The first-order valence-electron chi connectivity index (χ1n) is 7.08. The van der Waals surface area contributed by atoms with Crippen LogP contribution in [0.15, 0.2) is 18.2 Å². The maximum absolute atomic E-state index is 12.1. The predicted octanol–water partition coefficient (Wildman–Crippen LogP) is 3.01. The monoisotopic (exact) mass is 329 g/mol. The van der Waals surface area contributed by atoms with E-state index in [1.54, 1.807) is 18.2 Å². The summed E-state index contributed by atoms with van der Waals surface area (Å²) in [6.45, 7) is 4.42. The van der Waals surface area contributed by atoms with Crippen molar-refractivity contribution in [2.45, 2.75) is 25.3 Å². The van der Waals surface area contributed by atoms with E-state index >= 15 is 0 Å². The van der Waals surface area contributed by atoms with E-state index in [9.17, 15) is 4.79 Å². The molecular formula is C15H21Cl2N3O. The molecule has 1 aromatic carbocycles. The second-order valence-electron chi connectivity index (χ2n) is 5.76. The van der Waals surface area contributed by atoms with Crippen LogP contribution in [-0.2, 0) is 4.79 Å². The molecule has 0 atom stereocenters. The van der Waals surface area contributed by atoms with Crippen molar-refractivity contribution in [1.29, 1.82) is 0 Å². The Kier molecular flexibility index (Phi) is 5.49. The fraction of sp³-hybridized carbons (Fsp3) is 0.533. The molecule has 1 saturated heterocycles. The van der Waals surface area contributed by atoms with Crippen LogP contribution in [0.4, 0.5) is 5.69 Å². The summed E-state index contributed by atoms with van der Waals surface area (Å²) in [4.78, 5) is 14.3. The number of carbonyl (C=O) groups excluding carboxylic acids is 1. The summed E-state index contributed by atoms with van der Waals surface area (Å²) >= 11 is 12.0. The molecular weight excluding hydrogens is 309 g/mol. The number of piperidine rings is 1. The largest absolute Gasteiger partial charge is 0.324 e. The standard InChI is InChI=1S/C15H21Cl2N3O/c1-15(18-2)5-7-20(8-6-15)10-14(21)19-13-9-11(16)3-4-12(13)17/h3-4,9,18H,5-8,10H2,1-2H3,(H,19,21). The molecule has 1 aliphatic rings. The van der Waals surface area contributed by atoms with Gasteiger partial charge in [0.2, 0.25) is 5.91 Å². The van der Waals surface area contributed by atoms with Crippen LogP contribution in [-0.4, -0.2) is 43.0 Å². The lowest BCUT2D eigenvalue weighted by atomic mass is 9.90. The van der Waals surface area contributed by atoms with Crippen LogP contribution >= 0.6 is 23.2 Å². The van der Waals surface area contributed by atoms with Crippen molar-refractivity contribution in [1.82, 2.24) is 10.2 Å². The van der Waals surface area contributed by atoms with Crippen molar-refractivity contribution in [3.8, 4) is 0 Å². The summed E-state index contributed by atoms with van der Waals surface area (Å²) in [7, 11) is 1.99. The Labute approximate surface area is 135 Å². The first kappa shape index (κ1) is 16.6. The SMILES string of the molecule is CNC1(C)CCN(CC(=O)Nc2cc(Cl)ccc2Cl)CC1. The molecule has 116 valence electrons. The minimum Gasteiger partial charge on any atom is -0.324 e. The van der Waals surface area contributed by atoms with Crippen molar-refractivity contribution in [3.63, 3.8) is 0 Å². The Balaban J connectivity index is 1.87. The van der Waals surface area contributed by atoms with Gasteiger partial charge in [0, 0.05) is 23.7 Å². The minimum atomic E-state index is -0.0628. The Bertz CT molecular complexity index is 514. The molecule has 1 aliphatic heterocycles. The molecule has 1 fully saturated rings. The van der Waals surface area contributed by atoms with Crippen LogP contribution in [0, 0.1) is 0 Å². The lowest BCUT2D eigenvalue weighted by molar-refractivity contribution is -0.117. The molecule has 6 heteroatoms. The maximum Gasteiger partial charge on any atom is 0.238 e.